The molecule has 0 fully saturated rings. The second kappa shape index (κ2) is 6.12. The van der Waals surface area contributed by atoms with E-state index in [1.165, 1.54) is 23.0 Å². The van der Waals surface area contributed by atoms with Crippen LogP contribution >= 0.6 is 11.3 Å². The SMILES string of the molecule is Cc1cc(C)c2nc(NC(=O)C=Cc3ccccc3)sc2c1. The van der Waals surface area contributed by atoms with Crippen LogP contribution < -0.4 is 5.32 Å². The molecular formula is C18H16N2OS. The van der Waals surface area contributed by atoms with Gasteiger partial charge < -0.3 is 0 Å². The van der Waals surface area contributed by atoms with Crippen molar-refractivity contribution in [1.82, 2.24) is 4.98 Å². The average Bonchev–Trinajstić information content (AvgIpc) is 2.89. The molecular weight excluding hydrogens is 292 g/mol. The predicted octanol–water partition coefficient (Wildman–Crippen LogP) is 4.57. The Morgan fingerprint density at radius 1 is 1.18 bits per heavy atom. The molecule has 2 aromatic carbocycles. The summed E-state index contributed by atoms with van der Waals surface area (Å²) in [5.74, 6) is -0.169. The molecule has 1 aromatic heterocycles. The smallest absolute Gasteiger partial charge is 0.250 e. The zero-order valence-corrected chi connectivity index (χ0v) is 13.3. The van der Waals surface area contributed by atoms with Gasteiger partial charge in [0, 0.05) is 6.08 Å². The van der Waals surface area contributed by atoms with E-state index in [-0.39, 0.29) is 5.91 Å². The van der Waals surface area contributed by atoms with E-state index in [9.17, 15) is 4.79 Å². The zero-order chi connectivity index (χ0) is 15.5. The van der Waals surface area contributed by atoms with Gasteiger partial charge in [0.15, 0.2) is 5.13 Å². The lowest BCUT2D eigenvalue weighted by atomic mass is 10.1. The number of carbonyl (C=O) groups excluding carboxylic acids is 1. The highest BCUT2D eigenvalue weighted by molar-refractivity contribution is 7.22. The van der Waals surface area contributed by atoms with Crippen LogP contribution in [-0.2, 0) is 4.79 Å². The minimum absolute atomic E-state index is 0.169. The Hall–Kier alpha value is -2.46. The van der Waals surface area contributed by atoms with Gasteiger partial charge in [0.2, 0.25) is 5.91 Å². The van der Waals surface area contributed by atoms with E-state index in [0.717, 1.165) is 21.3 Å². The summed E-state index contributed by atoms with van der Waals surface area (Å²) in [6.45, 7) is 4.10. The van der Waals surface area contributed by atoms with Gasteiger partial charge in [-0.3, -0.25) is 10.1 Å². The summed E-state index contributed by atoms with van der Waals surface area (Å²) in [5.41, 5.74) is 4.29. The molecule has 1 heterocycles. The average molecular weight is 308 g/mol. The number of hydrogen-bond acceptors (Lipinski definition) is 3. The van der Waals surface area contributed by atoms with Crippen LogP contribution in [0.1, 0.15) is 16.7 Å². The topological polar surface area (TPSA) is 42.0 Å². The van der Waals surface area contributed by atoms with Crippen molar-refractivity contribution in [2.75, 3.05) is 5.32 Å². The zero-order valence-electron chi connectivity index (χ0n) is 12.5. The normalized spacial score (nSPS) is 11.2. The Balaban J connectivity index is 1.77. The van der Waals surface area contributed by atoms with E-state index in [4.69, 9.17) is 0 Å². The maximum atomic E-state index is 12.0. The molecule has 1 N–H and O–H groups in total. The standard InChI is InChI=1S/C18H16N2OS/c1-12-10-13(2)17-15(11-12)22-18(20-17)19-16(21)9-8-14-6-4-3-5-7-14/h3-11H,1-2H3,(H,19,20,21). The number of aryl methyl sites for hydroxylation is 2. The van der Waals surface area contributed by atoms with Crippen molar-refractivity contribution in [3.8, 4) is 0 Å². The van der Waals surface area contributed by atoms with Crippen LogP contribution in [0.2, 0.25) is 0 Å². The number of carbonyl (C=O) groups is 1. The Bertz CT molecular complexity index is 850. The second-order valence-electron chi connectivity index (χ2n) is 5.18. The first-order valence-electron chi connectivity index (χ1n) is 7.04. The van der Waals surface area contributed by atoms with E-state index in [0.29, 0.717) is 5.13 Å². The van der Waals surface area contributed by atoms with Crippen molar-refractivity contribution >= 4 is 38.7 Å². The van der Waals surface area contributed by atoms with Gasteiger partial charge in [0.1, 0.15) is 0 Å². The van der Waals surface area contributed by atoms with Gasteiger partial charge in [0.05, 0.1) is 10.2 Å². The summed E-state index contributed by atoms with van der Waals surface area (Å²) in [6, 6.07) is 13.9. The molecule has 0 radical (unpaired) electrons. The van der Waals surface area contributed by atoms with Crippen LogP contribution in [0.25, 0.3) is 16.3 Å². The van der Waals surface area contributed by atoms with Crippen LogP contribution in [0, 0.1) is 13.8 Å². The van der Waals surface area contributed by atoms with Crippen molar-refractivity contribution < 1.29 is 4.79 Å². The van der Waals surface area contributed by atoms with E-state index >= 15 is 0 Å². The predicted molar refractivity (Wildman–Crippen MR) is 93.2 cm³/mol. The Morgan fingerprint density at radius 2 is 1.95 bits per heavy atom. The van der Waals surface area contributed by atoms with Gasteiger partial charge in [0.25, 0.3) is 0 Å². The van der Waals surface area contributed by atoms with Crippen LogP contribution in [0.15, 0.2) is 48.5 Å². The van der Waals surface area contributed by atoms with Crippen molar-refractivity contribution in [2.24, 2.45) is 0 Å². The van der Waals surface area contributed by atoms with Crippen LogP contribution in [0.4, 0.5) is 5.13 Å². The summed E-state index contributed by atoms with van der Waals surface area (Å²) in [6.07, 6.45) is 3.32. The Kier molecular flexibility index (Phi) is 4.02. The van der Waals surface area contributed by atoms with Crippen LogP contribution in [0.3, 0.4) is 0 Å². The number of nitrogens with one attached hydrogen (secondary N) is 1. The van der Waals surface area contributed by atoms with Gasteiger partial charge in [-0.1, -0.05) is 47.7 Å². The minimum Gasteiger partial charge on any atom is -0.298 e. The third-order valence-corrected chi connectivity index (χ3v) is 4.20. The van der Waals surface area contributed by atoms with E-state index < -0.39 is 0 Å². The molecule has 110 valence electrons. The molecule has 0 bridgehead atoms. The highest BCUT2D eigenvalue weighted by Gasteiger charge is 2.08. The number of amides is 1. The maximum Gasteiger partial charge on any atom is 0.250 e. The molecule has 22 heavy (non-hydrogen) atoms. The maximum absolute atomic E-state index is 12.0. The Morgan fingerprint density at radius 3 is 2.73 bits per heavy atom. The highest BCUT2D eigenvalue weighted by Crippen LogP contribution is 2.29. The lowest BCUT2D eigenvalue weighted by molar-refractivity contribution is -0.111. The molecule has 0 saturated carbocycles. The van der Waals surface area contributed by atoms with Gasteiger partial charge in [-0.25, -0.2) is 4.98 Å². The van der Waals surface area contributed by atoms with Crippen molar-refractivity contribution in [2.45, 2.75) is 13.8 Å². The quantitative estimate of drug-likeness (QED) is 0.720. The van der Waals surface area contributed by atoms with E-state index in [2.05, 4.69) is 29.4 Å². The largest absolute Gasteiger partial charge is 0.298 e. The van der Waals surface area contributed by atoms with Crippen LogP contribution in [-0.4, -0.2) is 10.9 Å². The molecule has 1 amide bonds. The number of thiazole rings is 1. The molecule has 3 aromatic rings. The fourth-order valence-electron chi connectivity index (χ4n) is 2.31. The lowest BCUT2D eigenvalue weighted by Crippen LogP contribution is -2.07. The highest BCUT2D eigenvalue weighted by atomic mass is 32.1. The van der Waals surface area contributed by atoms with E-state index in [1.54, 1.807) is 6.08 Å². The number of hydrogen-bond donors (Lipinski definition) is 1. The molecule has 0 spiro atoms. The number of nitrogens with zero attached hydrogens (tertiary/aromatic N) is 1. The molecule has 0 unspecified atom stereocenters. The van der Waals surface area contributed by atoms with Gasteiger partial charge >= 0.3 is 0 Å². The summed E-state index contributed by atoms with van der Waals surface area (Å²) < 4.78 is 1.10. The van der Waals surface area contributed by atoms with Crippen molar-refractivity contribution in [3.63, 3.8) is 0 Å². The van der Waals surface area contributed by atoms with Gasteiger partial charge in [-0.05, 0) is 42.7 Å². The summed E-state index contributed by atoms with van der Waals surface area (Å²) in [7, 11) is 0. The van der Waals surface area contributed by atoms with Crippen molar-refractivity contribution in [1.29, 1.82) is 0 Å². The number of aromatic nitrogens is 1. The Labute approximate surface area is 133 Å². The molecule has 4 heteroatoms. The van der Waals surface area contributed by atoms with Gasteiger partial charge in [-0.15, -0.1) is 0 Å². The molecule has 0 aliphatic heterocycles. The third-order valence-electron chi connectivity index (χ3n) is 3.29. The number of benzene rings is 2. The molecule has 0 aliphatic rings. The molecule has 0 atom stereocenters. The number of fused-ring (bicyclic) bond motifs is 1. The fraction of sp³-hybridized carbons (Fsp3) is 0.111. The molecule has 3 nitrogen and oxygen atoms in total. The van der Waals surface area contributed by atoms with E-state index in [1.807, 2.05) is 37.3 Å². The number of rotatable bonds is 3. The summed E-state index contributed by atoms with van der Waals surface area (Å²) in [4.78, 5) is 16.5. The van der Waals surface area contributed by atoms with Crippen molar-refractivity contribution in [3.05, 3.63) is 65.2 Å². The minimum atomic E-state index is -0.169. The molecule has 3 rings (SSSR count). The first kappa shape index (κ1) is 14.5. The summed E-state index contributed by atoms with van der Waals surface area (Å²) in [5, 5.41) is 3.46. The number of anilines is 1. The molecule has 0 aliphatic carbocycles. The first-order valence-corrected chi connectivity index (χ1v) is 7.85. The van der Waals surface area contributed by atoms with Gasteiger partial charge in [-0.2, -0.15) is 0 Å². The lowest BCUT2D eigenvalue weighted by Gasteiger charge is -1.96. The summed E-state index contributed by atoms with van der Waals surface area (Å²) >= 11 is 1.50. The van der Waals surface area contributed by atoms with Crippen LogP contribution in [0.5, 0.6) is 0 Å². The first-order chi connectivity index (χ1) is 10.6. The fourth-order valence-corrected chi connectivity index (χ4v) is 3.35. The monoisotopic (exact) mass is 308 g/mol. The third kappa shape index (κ3) is 3.23. The second-order valence-corrected chi connectivity index (χ2v) is 6.21. The molecule has 0 saturated heterocycles.